The van der Waals surface area contributed by atoms with Crippen LogP contribution in [0.15, 0.2) is 300 Å². The number of fused-ring (bicyclic) bond motifs is 19. The molecule has 0 spiro atoms. The Labute approximate surface area is 715 Å². The first-order chi connectivity index (χ1) is 58.3. The number of furan rings is 2. The molecule has 8 heteroatoms. The summed E-state index contributed by atoms with van der Waals surface area (Å²) in [5.41, 5.74) is 34.6. The molecule has 15 aromatic carbocycles. The molecule has 0 saturated heterocycles. The van der Waals surface area contributed by atoms with Gasteiger partial charge in [0, 0.05) is 77.2 Å². The van der Waals surface area contributed by atoms with Gasteiger partial charge in [-0.3, -0.25) is 0 Å². The monoisotopic (exact) mass is 1580 g/mol. The van der Waals surface area contributed by atoms with Crippen LogP contribution in [-0.4, -0.2) is 20.4 Å². The summed E-state index contributed by atoms with van der Waals surface area (Å²) in [6, 6.07) is 112. The van der Waals surface area contributed by atoms with Gasteiger partial charge in [-0.05, 0) is 250 Å². The second kappa shape index (κ2) is 26.2. The van der Waals surface area contributed by atoms with Crippen LogP contribution in [0.3, 0.4) is 0 Å². The Bertz CT molecular complexity index is 7230. The zero-order chi connectivity index (χ0) is 84.1. The second-order valence-electron chi connectivity index (χ2n) is 41.1. The van der Waals surface area contributed by atoms with E-state index in [0.29, 0.717) is 0 Å². The third kappa shape index (κ3) is 11.7. The van der Waals surface area contributed by atoms with Crippen molar-refractivity contribution in [3.8, 4) is 39.3 Å². The molecule has 7 heterocycles. The quantitative estimate of drug-likeness (QED) is 0.149. The summed E-state index contributed by atoms with van der Waals surface area (Å²) in [4.78, 5) is 5.36. The summed E-state index contributed by atoms with van der Waals surface area (Å²) >= 11 is 0. The Hall–Kier alpha value is -13.0. The summed E-state index contributed by atoms with van der Waals surface area (Å²) in [5.74, 6) is 0. The third-order valence-corrected chi connectivity index (χ3v) is 26.9. The highest BCUT2D eigenvalue weighted by Crippen LogP contribution is 2.55. The molecule has 0 N–H and O–H groups in total. The molecular formula is C114H102BN5O2. The fourth-order valence-electron chi connectivity index (χ4n) is 20.2. The van der Waals surface area contributed by atoms with Crippen LogP contribution in [0, 0.1) is 0 Å². The van der Waals surface area contributed by atoms with Crippen molar-refractivity contribution in [1.29, 1.82) is 0 Å². The van der Waals surface area contributed by atoms with E-state index in [1.807, 2.05) is 0 Å². The highest BCUT2D eigenvalue weighted by atomic mass is 16.3. The topological polar surface area (TPSA) is 47.6 Å². The minimum atomic E-state index is -0.344. The number of aromatic nitrogens is 3. The first kappa shape index (κ1) is 75.2. The standard InChI is InChI=1S/C114H102BN5O2/c1-109(2,3)71-37-47-90-82(57-71)83-58-72(110(4,5)6)38-48-91(83)116(90)77-43-45-88-96(63-77)119(98-53-69(67-29-21-19-22-30-67)55-104-106(98)80-33-25-27-35-102(80)121-104)100-65-79(118-94-51-41-75(113(13,14)15)61-86(94)87-62-76(114(16,17)18)42-52-95(87)118)66-101-108(100)115(88)89-46-44-78(117-92-49-39-73(111(7,8)9)59-84(92)85-60-74(112(10,11)12)40-50-93(85)117)64-97(89)120(101)99-54-70(68-31-23-20-24-32-68)56-105-107(99)81-34-26-28-36-103(81)122-105/h19-66H,1-18H3. The van der Waals surface area contributed by atoms with Gasteiger partial charge in [0.2, 0.25) is 0 Å². The normalized spacial score (nSPS) is 13.6. The summed E-state index contributed by atoms with van der Waals surface area (Å²) < 4.78 is 22.3. The lowest BCUT2D eigenvalue weighted by Crippen LogP contribution is -2.61. The van der Waals surface area contributed by atoms with E-state index in [9.17, 15) is 0 Å². The molecular weight excluding hydrogens is 1480 g/mol. The van der Waals surface area contributed by atoms with Crippen molar-refractivity contribution in [3.05, 3.63) is 325 Å². The van der Waals surface area contributed by atoms with Crippen LogP contribution in [0.4, 0.5) is 34.1 Å². The fraction of sp³-hybridized carbons (Fsp3) is 0.211. The van der Waals surface area contributed by atoms with E-state index in [1.54, 1.807) is 0 Å². The average Bonchev–Trinajstić information content (AvgIpc) is 1.08. The summed E-state index contributed by atoms with van der Waals surface area (Å²) in [5, 5.41) is 11.6. The van der Waals surface area contributed by atoms with Gasteiger partial charge in [-0.2, -0.15) is 0 Å². The van der Waals surface area contributed by atoms with Gasteiger partial charge >= 0.3 is 0 Å². The molecule has 20 aromatic rings. The summed E-state index contributed by atoms with van der Waals surface area (Å²) in [6.45, 7) is 41.7. The Morgan fingerprint density at radius 2 is 0.492 bits per heavy atom. The first-order valence-corrected chi connectivity index (χ1v) is 43.6. The van der Waals surface area contributed by atoms with Crippen molar-refractivity contribution in [3.63, 3.8) is 0 Å². The number of hydrogen-bond acceptors (Lipinski definition) is 4. The molecule has 0 atom stereocenters. The third-order valence-electron chi connectivity index (χ3n) is 26.9. The van der Waals surface area contributed by atoms with Crippen LogP contribution >= 0.6 is 0 Å². The maximum atomic E-state index is 7.31. The Balaban J connectivity index is 0.938. The number of nitrogens with zero attached hydrogens (tertiary/aromatic N) is 5. The minimum Gasteiger partial charge on any atom is -0.456 e. The average molecular weight is 1580 g/mol. The molecule has 0 unspecified atom stereocenters. The fourth-order valence-corrected chi connectivity index (χ4v) is 20.2. The lowest BCUT2D eigenvalue weighted by atomic mass is 9.33. The largest absolute Gasteiger partial charge is 0.456 e. The van der Waals surface area contributed by atoms with Gasteiger partial charge in [0.25, 0.3) is 6.71 Å². The first-order valence-electron chi connectivity index (χ1n) is 43.6. The van der Waals surface area contributed by atoms with Crippen molar-refractivity contribution in [2.24, 2.45) is 0 Å². The molecule has 0 aliphatic carbocycles. The molecule has 598 valence electrons. The van der Waals surface area contributed by atoms with Gasteiger partial charge < -0.3 is 32.3 Å². The predicted octanol–water partition coefficient (Wildman–Crippen LogP) is 30.0. The molecule has 122 heavy (non-hydrogen) atoms. The second-order valence-corrected chi connectivity index (χ2v) is 41.1. The van der Waals surface area contributed by atoms with Gasteiger partial charge in [-0.15, -0.1) is 0 Å². The van der Waals surface area contributed by atoms with E-state index in [1.165, 1.54) is 82.1 Å². The Morgan fingerprint density at radius 3 is 0.795 bits per heavy atom. The highest BCUT2D eigenvalue weighted by molar-refractivity contribution is 7.00. The zero-order valence-electron chi connectivity index (χ0n) is 73.3. The van der Waals surface area contributed by atoms with Crippen molar-refractivity contribution in [2.45, 2.75) is 157 Å². The van der Waals surface area contributed by atoms with E-state index in [0.717, 1.165) is 150 Å². The molecule has 2 aliphatic rings. The van der Waals surface area contributed by atoms with Gasteiger partial charge in [0.1, 0.15) is 22.3 Å². The molecule has 22 rings (SSSR count). The minimum absolute atomic E-state index is 0.0894. The maximum Gasteiger partial charge on any atom is 0.252 e. The molecule has 0 radical (unpaired) electrons. The maximum absolute atomic E-state index is 7.31. The van der Waals surface area contributed by atoms with Crippen molar-refractivity contribution >= 4 is 167 Å². The van der Waals surface area contributed by atoms with E-state index < -0.39 is 0 Å². The molecule has 2 aliphatic heterocycles. The summed E-state index contributed by atoms with van der Waals surface area (Å²) in [7, 11) is 0. The van der Waals surface area contributed by atoms with Crippen molar-refractivity contribution < 1.29 is 8.83 Å². The van der Waals surface area contributed by atoms with Gasteiger partial charge in [-0.1, -0.05) is 270 Å². The zero-order valence-corrected chi connectivity index (χ0v) is 73.3. The highest BCUT2D eigenvalue weighted by Gasteiger charge is 2.46. The van der Waals surface area contributed by atoms with Gasteiger partial charge in [0.05, 0.1) is 60.9 Å². The van der Waals surface area contributed by atoms with E-state index >= 15 is 0 Å². The van der Waals surface area contributed by atoms with E-state index in [4.69, 9.17) is 8.83 Å². The lowest BCUT2D eigenvalue weighted by molar-refractivity contribution is 0.590. The number of rotatable bonds is 7. The smallest absolute Gasteiger partial charge is 0.252 e. The van der Waals surface area contributed by atoms with Gasteiger partial charge in [-0.25, -0.2) is 0 Å². The number of benzene rings is 15. The van der Waals surface area contributed by atoms with Crippen molar-refractivity contribution in [2.75, 3.05) is 9.80 Å². The number of para-hydroxylation sites is 2. The molecule has 5 aromatic heterocycles. The molecule has 7 nitrogen and oxygen atoms in total. The summed E-state index contributed by atoms with van der Waals surface area (Å²) in [6.07, 6.45) is 0. The van der Waals surface area contributed by atoms with Crippen LogP contribution in [0.1, 0.15) is 158 Å². The molecule has 0 amide bonds. The van der Waals surface area contributed by atoms with Crippen LogP contribution in [0.5, 0.6) is 0 Å². The van der Waals surface area contributed by atoms with Crippen molar-refractivity contribution in [1.82, 2.24) is 13.7 Å². The van der Waals surface area contributed by atoms with Crippen LogP contribution in [0.25, 0.3) is 149 Å². The van der Waals surface area contributed by atoms with E-state index in [2.05, 4.69) is 439 Å². The Morgan fingerprint density at radius 1 is 0.213 bits per heavy atom. The molecule has 0 fully saturated rings. The van der Waals surface area contributed by atoms with E-state index in [-0.39, 0.29) is 39.2 Å². The lowest BCUT2D eigenvalue weighted by Gasteiger charge is -2.45. The SMILES string of the molecule is CC(C)(C)c1ccc2c(c1)c1cc(C(C)(C)C)ccc1n2-c1ccc2c(c1)N(c1cc(-c3ccccc3)cc3oc4ccccc4c13)c1cc(-n3c4ccc(C(C)(C)C)cc4c4cc(C(C)(C)C)ccc43)cc3c1B2c1ccc(-n2c4ccc(C(C)(C)C)cc4c4cc(C(C)(C)C)ccc42)cc1N3c1cc(-c2ccccc2)cc2oc3ccccc3c12. The number of anilines is 6. The van der Waals surface area contributed by atoms with Crippen LogP contribution < -0.4 is 26.2 Å². The van der Waals surface area contributed by atoms with Crippen LogP contribution in [-0.2, 0) is 32.5 Å². The molecule has 0 saturated carbocycles. The molecule has 0 bridgehead atoms. The van der Waals surface area contributed by atoms with Gasteiger partial charge in [0.15, 0.2) is 0 Å². The number of hydrogen-bond donors (Lipinski definition) is 0. The Kier molecular flexibility index (Phi) is 16.2. The van der Waals surface area contributed by atoms with Crippen LogP contribution in [0.2, 0.25) is 0 Å². The predicted molar refractivity (Wildman–Crippen MR) is 521 cm³/mol.